The van der Waals surface area contributed by atoms with Gasteiger partial charge in [0.2, 0.25) is 0 Å². The number of carboxylic acids is 1. The number of alkyl halides is 3. The Balaban J connectivity index is 1.64. The lowest BCUT2D eigenvalue weighted by molar-refractivity contribution is -0.143. The maximum Gasteiger partial charge on any atom is 0.416 e. The summed E-state index contributed by atoms with van der Waals surface area (Å²) in [5.41, 5.74) is 0.134. The fourth-order valence-corrected chi connectivity index (χ4v) is 4.67. The Morgan fingerprint density at radius 3 is 2.47 bits per heavy atom. The molecule has 0 saturated carbocycles. The van der Waals surface area contributed by atoms with Crippen molar-refractivity contribution in [2.24, 2.45) is 0 Å². The Morgan fingerprint density at radius 1 is 1.09 bits per heavy atom. The number of para-hydroxylation sites is 1. The first-order chi connectivity index (χ1) is 20.2. The fraction of sp³-hybridized carbons (Fsp3) is 0.452. The Labute approximate surface area is 249 Å². The topological polar surface area (TPSA) is 116 Å². The van der Waals surface area contributed by atoms with Crippen LogP contribution in [0.5, 0.6) is 5.75 Å². The van der Waals surface area contributed by atoms with E-state index in [4.69, 9.17) is 4.74 Å². The molecule has 1 atom stereocenters. The number of likely N-dealkylation sites (N-methyl/N-ethyl adjacent to an activating group) is 1. The number of aryl methyl sites for hydroxylation is 1. The number of benzene rings is 2. The van der Waals surface area contributed by atoms with E-state index in [0.29, 0.717) is 31.7 Å². The monoisotopic (exact) mass is 603 g/mol. The number of pyridine rings is 1. The van der Waals surface area contributed by atoms with E-state index in [0.717, 1.165) is 35.2 Å². The van der Waals surface area contributed by atoms with Gasteiger partial charge in [0, 0.05) is 47.7 Å². The number of rotatable bonds is 14. The number of nitrogens with one attached hydrogen (secondary N) is 3. The van der Waals surface area contributed by atoms with E-state index >= 15 is 0 Å². The molecule has 0 fully saturated rings. The number of fused-ring (bicyclic) bond motifs is 1. The fourth-order valence-electron chi connectivity index (χ4n) is 4.67. The number of aromatic nitrogens is 1. The van der Waals surface area contributed by atoms with Crippen LogP contribution in [0.4, 0.5) is 29.3 Å². The van der Waals surface area contributed by atoms with Gasteiger partial charge in [0.1, 0.15) is 11.3 Å². The van der Waals surface area contributed by atoms with Gasteiger partial charge in [0.05, 0.1) is 17.7 Å². The maximum atomic E-state index is 13.8. The van der Waals surface area contributed by atoms with E-state index < -0.39 is 29.3 Å². The molecule has 43 heavy (non-hydrogen) atoms. The highest BCUT2D eigenvalue weighted by molar-refractivity contribution is 5.93. The van der Waals surface area contributed by atoms with Crippen molar-refractivity contribution in [2.75, 3.05) is 31.6 Å². The van der Waals surface area contributed by atoms with Crippen molar-refractivity contribution in [2.45, 2.75) is 65.2 Å². The van der Waals surface area contributed by atoms with E-state index in [2.05, 4.69) is 25.8 Å². The number of anilines is 2. The van der Waals surface area contributed by atoms with Gasteiger partial charge in [-0.1, -0.05) is 32.0 Å². The van der Waals surface area contributed by atoms with Gasteiger partial charge in [-0.2, -0.15) is 13.2 Å². The average molecular weight is 604 g/mol. The molecule has 0 aliphatic carbocycles. The summed E-state index contributed by atoms with van der Waals surface area (Å²) in [6.45, 7) is 10.3. The van der Waals surface area contributed by atoms with Gasteiger partial charge < -0.3 is 25.8 Å². The smallest absolute Gasteiger partial charge is 0.416 e. The highest BCUT2D eigenvalue weighted by Gasteiger charge is 2.32. The zero-order chi connectivity index (χ0) is 31.8. The van der Waals surface area contributed by atoms with Crippen molar-refractivity contribution in [3.05, 3.63) is 59.8 Å². The summed E-state index contributed by atoms with van der Waals surface area (Å²) >= 11 is 0. The zero-order valence-electron chi connectivity index (χ0n) is 25.1. The molecule has 2 aromatic carbocycles. The van der Waals surface area contributed by atoms with Crippen molar-refractivity contribution in [1.29, 1.82) is 0 Å². The van der Waals surface area contributed by atoms with Crippen LogP contribution in [-0.2, 0) is 11.0 Å². The molecular formula is C31H40F3N5O4. The van der Waals surface area contributed by atoms with Crippen LogP contribution in [0.2, 0.25) is 0 Å². The van der Waals surface area contributed by atoms with Gasteiger partial charge in [-0.05, 0) is 64.4 Å². The lowest BCUT2D eigenvalue weighted by atomic mass is 10.1. The number of hydrogen-bond donors (Lipinski definition) is 4. The molecule has 12 heteroatoms. The number of carbonyl (C=O) groups is 2. The number of aliphatic carboxylic acids is 1. The van der Waals surface area contributed by atoms with Crippen LogP contribution < -0.4 is 20.7 Å². The maximum absolute atomic E-state index is 13.8. The number of carbonyl (C=O) groups excluding carboxylic acids is 1. The van der Waals surface area contributed by atoms with E-state index in [9.17, 15) is 27.9 Å². The predicted molar refractivity (Wildman–Crippen MR) is 161 cm³/mol. The lowest BCUT2D eigenvalue weighted by Gasteiger charge is -2.30. The number of carboxylic acid groups (broad SMARTS) is 1. The van der Waals surface area contributed by atoms with E-state index in [-0.39, 0.29) is 24.1 Å². The molecule has 234 valence electrons. The Kier molecular flexibility index (Phi) is 11.2. The van der Waals surface area contributed by atoms with Gasteiger partial charge >= 0.3 is 18.2 Å². The van der Waals surface area contributed by atoms with Crippen LogP contribution in [-0.4, -0.2) is 64.8 Å². The summed E-state index contributed by atoms with van der Waals surface area (Å²) in [6, 6.07) is 12.2. The van der Waals surface area contributed by atoms with Crippen molar-refractivity contribution < 1.29 is 32.6 Å². The lowest BCUT2D eigenvalue weighted by Crippen LogP contribution is -2.55. The highest BCUT2D eigenvalue weighted by atomic mass is 19.4. The summed E-state index contributed by atoms with van der Waals surface area (Å²) in [7, 11) is 0. The van der Waals surface area contributed by atoms with Gasteiger partial charge in [-0.15, -0.1) is 0 Å². The summed E-state index contributed by atoms with van der Waals surface area (Å²) in [5, 5.41) is 18.3. The molecule has 3 rings (SSSR count). The Hall–Kier alpha value is -4.06. The van der Waals surface area contributed by atoms with Gasteiger partial charge in [-0.3, -0.25) is 9.88 Å². The van der Waals surface area contributed by atoms with Gasteiger partial charge in [0.25, 0.3) is 0 Å². The third kappa shape index (κ3) is 9.47. The molecule has 1 heterocycles. The predicted octanol–water partition coefficient (Wildman–Crippen LogP) is 6.34. The van der Waals surface area contributed by atoms with Crippen molar-refractivity contribution in [3.63, 3.8) is 0 Å². The van der Waals surface area contributed by atoms with Crippen molar-refractivity contribution in [1.82, 2.24) is 20.5 Å². The molecule has 2 amide bonds. The first-order valence-corrected chi connectivity index (χ1v) is 14.3. The largest absolute Gasteiger partial charge is 0.493 e. The highest BCUT2D eigenvalue weighted by Crippen LogP contribution is 2.36. The summed E-state index contributed by atoms with van der Waals surface area (Å²) in [6.07, 6.45) is -3.29. The van der Waals surface area contributed by atoms with E-state index in [1.807, 2.05) is 45.0 Å². The van der Waals surface area contributed by atoms with Crippen LogP contribution in [0.15, 0.2) is 48.5 Å². The first kappa shape index (κ1) is 33.4. The number of nitrogens with zero attached hydrogens (tertiary/aromatic N) is 2. The number of urea groups is 1. The van der Waals surface area contributed by atoms with E-state index in [1.165, 1.54) is 13.8 Å². The summed E-state index contributed by atoms with van der Waals surface area (Å²) < 4.78 is 47.1. The molecule has 0 saturated heterocycles. The normalized spacial score (nSPS) is 12.7. The third-order valence-corrected chi connectivity index (χ3v) is 7.07. The molecule has 0 aliphatic rings. The molecule has 0 aliphatic heterocycles. The minimum atomic E-state index is -4.56. The third-order valence-electron chi connectivity index (χ3n) is 7.07. The van der Waals surface area contributed by atoms with Crippen molar-refractivity contribution >= 4 is 34.3 Å². The molecule has 0 bridgehead atoms. The SMILES string of the molecule is CCC(CNC(=O)NC(C)(C)C(=O)O)N(CC)CCCOc1cc(Nc2cc(C)nc3ccccc23)cc(C(F)(F)F)c1. The average Bonchev–Trinajstić information content (AvgIpc) is 2.93. The molecule has 9 nitrogen and oxygen atoms in total. The van der Waals surface area contributed by atoms with Crippen LogP contribution >= 0.6 is 0 Å². The minimum Gasteiger partial charge on any atom is -0.493 e. The standard InChI is InChI=1S/C31H40F3N5O4/c1-6-23(19-35-29(42)38-30(4,5)28(40)41)39(7-2)13-10-14-43-24-17-21(31(32,33)34)16-22(18-24)37-27-15-20(3)36-26-12-9-8-11-25(26)27/h8-9,11-12,15-18,23H,6-7,10,13-14,19H2,1-5H3,(H,36,37)(H,40,41)(H2,35,38,42). The second-order valence-electron chi connectivity index (χ2n) is 10.9. The van der Waals surface area contributed by atoms with Crippen molar-refractivity contribution in [3.8, 4) is 5.75 Å². The molecule has 1 aromatic heterocycles. The summed E-state index contributed by atoms with van der Waals surface area (Å²) in [5.74, 6) is -1.05. The summed E-state index contributed by atoms with van der Waals surface area (Å²) in [4.78, 5) is 30.1. The number of amides is 2. The zero-order valence-corrected chi connectivity index (χ0v) is 25.1. The molecule has 1 unspecified atom stereocenters. The first-order valence-electron chi connectivity index (χ1n) is 14.3. The van der Waals surface area contributed by atoms with Gasteiger partial charge in [0.15, 0.2) is 0 Å². The van der Waals surface area contributed by atoms with Gasteiger partial charge in [-0.25, -0.2) is 9.59 Å². The molecule has 3 aromatic rings. The number of ether oxygens (including phenoxy) is 1. The quantitative estimate of drug-likeness (QED) is 0.159. The van der Waals surface area contributed by atoms with Crippen LogP contribution in [0.25, 0.3) is 10.9 Å². The minimum absolute atomic E-state index is 0.0216. The van der Waals surface area contributed by atoms with Crippen LogP contribution in [0.1, 0.15) is 51.8 Å². The molecule has 4 N–H and O–H groups in total. The Morgan fingerprint density at radius 2 is 1.81 bits per heavy atom. The Bertz CT molecular complexity index is 1410. The number of halogens is 3. The van der Waals surface area contributed by atoms with E-state index in [1.54, 1.807) is 12.1 Å². The number of hydrogen-bond acceptors (Lipinski definition) is 6. The second-order valence-corrected chi connectivity index (χ2v) is 10.9. The van der Waals surface area contributed by atoms with Crippen LogP contribution in [0.3, 0.4) is 0 Å². The second kappa shape index (κ2) is 14.4. The molecular weight excluding hydrogens is 563 g/mol. The molecule has 0 radical (unpaired) electrons. The molecule has 0 spiro atoms. The van der Waals surface area contributed by atoms with Crippen LogP contribution in [0, 0.1) is 6.92 Å².